The normalized spacial score (nSPS) is 16.4. The molecule has 0 saturated heterocycles. The van der Waals surface area contributed by atoms with E-state index in [-0.39, 0.29) is 0 Å². The fraction of sp³-hybridized carbons (Fsp3) is 0.467. The van der Waals surface area contributed by atoms with Crippen LogP contribution in [0.15, 0.2) is 47.8 Å². The molecule has 2 rings (SSSR count). The molecule has 1 nitrogen and oxygen atoms in total. The van der Waals surface area contributed by atoms with Crippen LogP contribution < -0.4 is 0 Å². The molecule has 0 N–H and O–H groups in total. The molecule has 1 aliphatic heterocycles. The Morgan fingerprint density at radius 2 is 1.88 bits per heavy atom. The first-order valence-corrected chi connectivity index (χ1v) is 5.98. The van der Waals surface area contributed by atoms with Crippen LogP contribution in [0.25, 0.3) is 0 Å². The van der Waals surface area contributed by atoms with E-state index in [1.165, 1.54) is 22.5 Å². The second kappa shape index (κ2) is 7.98. The van der Waals surface area contributed by atoms with Crippen LogP contribution in [-0.4, -0.2) is 6.61 Å². The number of ether oxygens (including phenoxy) is 1. The first-order valence-electron chi connectivity index (χ1n) is 5.98. The standard InChI is InChI=1S/C11H14O.C2H6.C2H4/c1-8(2)9-6-7-12-11-5-3-4-10(9)11;2*1-2/h3-4H,5-7H2,1-2H3;1-2H3;1-2H2. The van der Waals surface area contributed by atoms with Gasteiger partial charge >= 0.3 is 0 Å². The minimum Gasteiger partial charge on any atom is -0.497 e. The van der Waals surface area contributed by atoms with Gasteiger partial charge < -0.3 is 4.74 Å². The van der Waals surface area contributed by atoms with Crippen molar-refractivity contribution in [2.75, 3.05) is 6.61 Å². The predicted octanol–water partition coefficient (Wildman–Crippen LogP) is 4.79. The van der Waals surface area contributed by atoms with Crippen LogP contribution in [0.2, 0.25) is 0 Å². The molecule has 0 unspecified atom stereocenters. The lowest BCUT2D eigenvalue weighted by atomic mass is 9.97. The van der Waals surface area contributed by atoms with E-state index in [0.29, 0.717) is 0 Å². The van der Waals surface area contributed by atoms with Crippen LogP contribution in [0.3, 0.4) is 0 Å². The van der Waals surface area contributed by atoms with Crippen molar-refractivity contribution < 1.29 is 4.74 Å². The fourth-order valence-corrected chi connectivity index (χ4v) is 1.82. The summed E-state index contributed by atoms with van der Waals surface area (Å²) in [5, 5.41) is 0. The Balaban J connectivity index is 0.000000509. The summed E-state index contributed by atoms with van der Waals surface area (Å²) in [4.78, 5) is 0. The summed E-state index contributed by atoms with van der Waals surface area (Å²) < 4.78 is 5.57. The molecule has 0 fully saturated rings. The maximum atomic E-state index is 5.57. The number of hydrogen-bond acceptors (Lipinski definition) is 1. The Bertz CT molecular complexity index is 301. The summed E-state index contributed by atoms with van der Waals surface area (Å²) in [7, 11) is 0. The Hall–Kier alpha value is -1.24. The number of rotatable bonds is 0. The van der Waals surface area contributed by atoms with E-state index >= 15 is 0 Å². The first-order chi connectivity index (χ1) is 7.79. The highest BCUT2D eigenvalue weighted by Crippen LogP contribution is 2.33. The smallest absolute Gasteiger partial charge is 0.107 e. The van der Waals surface area contributed by atoms with Gasteiger partial charge in [0.25, 0.3) is 0 Å². The van der Waals surface area contributed by atoms with Crippen molar-refractivity contribution in [3.05, 3.63) is 47.8 Å². The summed E-state index contributed by atoms with van der Waals surface area (Å²) >= 11 is 0. The van der Waals surface area contributed by atoms with Gasteiger partial charge in [0.2, 0.25) is 0 Å². The van der Waals surface area contributed by atoms with Crippen LogP contribution in [-0.2, 0) is 4.74 Å². The maximum Gasteiger partial charge on any atom is 0.107 e. The van der Waals surface area contributed by atoms with Crippen molar-refractivity contribution in [3.8, 4) is 0 Å². The third kappa shape index (κ3) is 3.41. The van der Waals surface area contributed by atoms with Gasteiger partial charge in [0.1, 0.15) is 5.76 Å². The van der Waals surface area contributed by atoms with E-state index < -0.39 is 0 Å². The summed E-state index contributed by atoms with van der Waals surface area (Å²) in [6.07, 6.45) is 6.44. The molecule has 0 aromatic carbocycles. The van der Waals surface area contributed by atoms with Crippen molar-refractivity contribution in [1.29, 1.82) is 0 Å². The molecule has 0 bridgehead atoms. The Kier molecular flexibility index (Phi) is 7.36. The van der Waals surface area contributed by atoms with Crippen LogP contribution in [0, 0.1) is 0 Å². The van der Waals surface area contributed by atoms with Gasteiger partial charge in [-0.2, -0.15) is 0 Å². The largest absolute Gasteiger partial charge is 0.497 e. The molecular formula is C15H24O. The molecule has 0 aromatic rings. The van der Waals surface area contributed by atoms with Gasteiger partial charge in [-0.05, 0) is 19.4 Å². The third-order valence-corrected chi connectivity index (χ3v) is 2.45. The summed E-state index contributed by atoms with van der Waals surface area (Å²) in [5.74, 6) is 1.18. The molecular weight excluding hydrogens is 196 g/mol. The molecule has 0 amide bonds. The quantitative estimate of drug-likeness (QED) is 0.533. The minimum atomic E-state index is 0.862. The fourth-order valence-electron chi connectivity index (χ4n) is 1.82. The molecule has 0 spiro atoms. The molecule has 0 saturated carbocycles. The zero-order valence-corrected chi connectivity index (χ0v) is 11.1. The van der Waals surface area contributed by atoms with Crippen molar-refractivity contribution in [2.24, 2.45) is 0 Å². The Morgan fingerprint density at radius 3 is 2.44 bits per heavy atom. The highest BCUT2D eigenvalue weighted by atomic mass is 16.5. The molecule has 1 heteroatoms. The van der Waals surface area contributed by atoms with Gasteiger partial charge in [-0.1, -0.05) is 31.6 Å². The van der Waals surface area contributed by atoms with Gasteiger partial charge in [0.05, 0.1) is 6.61 Å². The highest BCUT2D eigenvalue weighted by Gasteiger charge is 2.19. The van der Waals surface area contributed by atoms with Gasteiger partial charge in [-0.3, -0.25) is 0 Å². The summed E-state index contributed by atoms with van der Waals surface area (Å²) in [5.41, 5.74) is 4.27. The molecule has 0 aromatic heterocycles. The monoisotopic (exact) mass is 220 g/mol. The van der Waals surface area contributed by atoms with Crippen molar-refractivity contribution >= 4 is 0 Å². The lowest BCUT2D eigenvalue weighted by Crippen LogP contribution is -2.07. The van der Waals surface area contributed by atoms with E-state index in [0.717, 1.165) is 19.4 Å². The molecule has 1 heterocycles. The summed E-state index contributed by atoms with van der Waals surface area (Å²) in [6.45, 7) is 15.2. The third-order valence-electron chi connectivity index (χ3n) is 2.45. The van der Waals surface area contributed by atoms with Gasteiger partial charge in [0, 0.05) is 18.4 Å². The Labute approximate surface area is 100 Å². The first kappa shape index (κ1) is 14.8. The Morgan fingerprint density at radius 1 is 1.25 bits per heavy atom. The van der Waals surface area contributed by atoms with Gasteiger partial charge in [-0.25, -0.2) is 0 Å². The predicted molar refractivity (Wildman–Crippen MR) is 72.3 cm³/mol. The van der Waals surface area contributed by atoms with Crippen molar-refractivity contribution in [2.45, 2.75) is 40.5 Å². The van der Waals surface area contributed by atoms with Crippen molar-refractivity contribution in [1.82, 2.24) is 0 Å². The number of allylic oxidation sites excluding steroid dienone is 4. The van der Waals surface area contributed by atoms with Crippen LogP contribution in [0.4, 0.5) is 0 Å². The van der Waals surface area contributed by atoms with E-state index in [1.807, 2.05) is 13.8 Å². The van der Waals surface area contributed by atoms with Crippen molar-refractivity contribution in [3.63, 3.8) is 0 Å². The van der Waals surface area contributed by atoms with Crippen LogP contribution in [0.5, 0.6) is 0 Å². The minimum absolute atomic E-state index is 0.862. The number of hydrogen-bond donors (Lipinski definition) is 0. The van der Waals surface area contributed by atoms with Gasteiger partial charge in [-0.15, -0.1) is 13.2 Å². The molecule has 2 aliphatic rings. The maximum absolute atomic E-state index is 5.57. The lowest BCUT2D eigenvalue weighted by Gasteiger charge is -2.20. The van der Waals surface area contributed by atoms with Crippen LogP contribution in [0.1, 0.15) is 40.5 Å². The zero-order valence-electron chi connectivity index (χ0n) is 11.1. The molecule has 0 radical (unpaired) electrons. The molecule has 90 valence electrons. The van der Waals surface area contributed by atoms with E-state index in [4.69, 9.17) is 4.74 Å². The lowest BCUT2D eigenvalue weighted by molar-refractivity contribution is 0.200. The molecule has 0 atom stereocenters. The summed E-state index contributed by atoms with van der Waals surface area (Å²) in [6, 6.07) is 0. The van der Waals surface area contributed by atoms with Gasteiger partial charge in [0.15, 0.2) is 0 Å². The average molecular weight is 220 g/mol. The highest BCUT2D eigenvalue weighted by molar-refractivity contribution is 5.48. The second-order valence-electron chi connectivity index (χ2n) is 3.52. The molecule has 1 aliphatic carbocycles. The van der Waals surface area contributed by atoms with Crippen LogP contribution >= 0.6 is 0 Å². The topological polar surface area (TPSA) is 9.23 Å². The SMILES string of the molecule is C=C.CC.CC(C)=C1CCOC2=C1C=CC2. The molecule has 16 heavy (non-hydrogen) atoms. The van der Waals surface area contributed by atoms with E-state index in [9.17, 15) is 0 Å². The van der Waals surface area contributed by atoms with E-state index in [1.54, 1.807) is 0 Å². The van der Waals surface area contributed by atoms with E-state index in [2.05, 4.69) is 39.2 Å². The second-order valence-corrected chi connectivity index (χ2v) is 3.52. The zero-order chi connectivity index (χ0) is 12.6. The average Bonchev–Trinajstić information content (AvgIpc) is 2.81.